The minimum atomic E-state index is -0.339. The minimum absolute atomic E-state index is 0.306. The van der Waals surface area contributed by atoms with Gasteiger partial charge in [-0.25, -0.2) is 0 Å². The van der Waals surface area contributed by atoms with Gasteiger partial charge in [-0.15, -0.1) is 0 Å². The lowest BCUT2D eigenvalue weighted by Crippen LogP contribution is -2.21. The van der Waals surface area contributed by atoms with Crippen LogP contribution in [0.5, 0.6) is 0 Å². The summed E-state index contributed by atoms with van der Waals surface area (Å²) < 4.78 is 10.7. The van der Waals surface area contributed by atoms with Crippen molar-refractivity contribution >= 4 is 10.8 Å². The van der Waals surface area contributed by atoms with Gasteiger partial charge in [-0.2, -0.15) is 0 Å². The van der Waals surface area contributed by atoms with E-state index in [1.165, 1.54) is 0 Å². The van der Waals surface area contributed by atoms with E-state index in [1.54, 1.807) is 12.1 Å². The highest BCUT2D eigenvalue weighted by Gasteiger charge is 2.18. The number of nitrogens with one attached hydrogen (secondary N) is 2. The Kier molecular flexibility index (Phi) is 2.73. The second-order valence-electron chi connectivity index (χ2n) is 4.12. The van der Waals surface area contributed by atoms with Gasteiger partial charge in [0.15, 0.2) is 6.29 Å². The maximum absolute atomic E-state index is 11.8. The molecule has 6 nitrogen and oxygen atoms in total. The Morgan fingerprint density at radius 2 is 1.83 bits per heavy atom. The van der Waals surface area contributed by atoms with Gasteiger partial charge in [-0.05, 0) is 11.6 Å². The highest BCUT2D eigenvalue weighted by Crippen LogP contribution is 2.16. The van der Waals surface area contributed by atoms with E-state index in [0.717, 1.165) is 5.56 Å². The van der Waals surface area contributed by atoms with E-state index in [2.05, 4.69) is 10.2 Å². The molecule has 1 aliphatic rings. The molecule has 2 aromatic rings. The monoisotopic (exact) mass is 248 g/mol. The van der Waals surface area contributed by atoms with Gasteiger partial charge >= 0.3 is 0 Å². The van der Waals surface area contributed by atoms with Crippen LogP contribution in [-0.4, -0.2) is 29.7 Å². The molecule has 0 unspecified atom stereocenters. The quantitative estimate of drug-likeness (QED) is 0.791. The molecule has 1 saturated heterocycles. The fourth-order valence-electron chi connectivity index (χ4n) is 2.18. The predicted octanol–water partition coefficient (Wildman–Crippen LogP) is 0.132. The van der Waals surface area contributed by atoms with E-state index in [1.807, 2.05) is 6.07 Å². The number of ether oxygens (including phenoxy) is 2. The molecule has 0 aliphatic carbocycles. The molecular formula is C12H12N2O4. The Balaban J connectivity index is 2.14. The Labute approximate surface area is 102 Å². The van der Waals surface area contributed by atoms with Gasteiger partial charge in [0.25, 0.3) is 11.1 Å². The van der Waals surface area contributed by atoms with Crippen molar-refractivity contribution in [3.8, 4) is 0 Å². The highest BCUT2D eigenvalue weighted by atomic mass is 16.7. The molecule has 94 valence electrons. The molecule has 1 aromatic carbocycles. The fraction of sp³-hybridized carbons (Fsp3) is 0.333. The summed E-state index contributed by atoms with van der Waals surface area (Å²) >= 11 is 0. The first-order valence-electron chi connectivity index (χ1n) is 5.71. The molecule has 0 spiro atoms. The second-order valence-corrected chi connectivity index (χ2v) is 4.12. The van der Waals surface area contributed by atoms with E-state index in [0.29, 0.717) is 30.4 Å². The largest absolute Gasteiger partial charge is 0.350 e. The van der Waals surface area contributed by atoms with Gasteiger partial charge in [-0.1, -0.05) is 12.1 Å². The van der Waals surface area contributed by atoms with Crippen molar-refractivity contribution in [1.29, 1.82) is 0 Å². The van der Waals surface area contributed by atoms with Crippen LogP contribution in [0.25, 0.3) is 10.8 Å². The van der Waals surface area contributed by atoms with Crippen LogP contribution in [0.4, 0.5) is 0 Å². The van der Waals surface area contributed by atoms with E-state index in [-0.39, 0.29) is 17.4 Å². The summed E-state index contributed by atoms with van der Waals surface area (Å²) in [5.74, 6) is 0. The lowest BCUT2D eigenvalue weighted by Gasteiger charge is -2.10. The summed E-state index contributed by atoms with van der Waals surface area (Å²) in [5, 5.41) is 5.43. The van der Waals surface area contributed by atoms with E-state index in [4.69, 9.17) is 9.47 Å². The molecule has 1 fully saturated rings. The molecule has 6 heteroatoms. The molecule has 2 N–H and O–H groups in total. The molecule has 0 amide bonds. The molecule has 1 aromatic heterocycles. The van der Waals surface area contributed by atoms with Gasteiger partial charge in [-0.3, -0.25) is 19.8 Å². The lowest BCUT2D eigenvalue weighted by molar-refractivity contribution is -0.0397. The third-order valence-corrected chi connectivity index (χ3v) is 2.99. The summed E-state index contributed by atoms with van der Waals surface area (Å²) in [4.78, 5) is 23.5. The maximum atomic E-state index is 11.8. The van der Waals surface area contributed by atoms with Crippen LogP contribution in [0.2, 0.25) is 0 Å². The average Bonchev–Trinajstić information content (AvgIpc) is 2.87. The summed E-state index contributed by atoms with van der Waals surface area (Å²) in [7, 11) is 0. The van der Waals surface area contributed by atoms with Crippen molar-refractivity contribution in [3.63, 3.8) is 0 Å². The maximum Gasteiger partial charge on any atom is 0.270 e. The number of benzene rings is 1. The zero-order chi connectivity index (χ0) is 12.5. The third kappa shape index (κ3) is 1.85. The molecule has 0 radical (unpaired) electrons. The van der Waals surface area contributed by atoms with E-state index < -0.39 is 0 Å². The molecule has 0 saturated carbocycles. The van der Waals surface area contributed by atoms with Crippen molar-refractivity contribution in [1.82, 2.24) is 10.2 Å². The van der Waals surface area contributed by atoms with Crippen molar-refractivity contribution < 1.29 is 9.47 Å². The number of hydrogen-bond donors (Lipinski definition) is 2. The molecule has 2 heterocycles. The van der Waals surface area contributed by atoms with Crippen LogP contribution >= 0.6 is 0 Å². The number of aromatic amines is 2. The Bertz CT molecular complexity index is 682. The molecule has 0 atom stereocenters. The van der Waals surface area contributed by atoms with Crippen LogP contribution in [0.3, 0.4) is 0 Å². The first-order valence-corrected chi connectivity index (χ1v) is 5.71. The zero-order valence-corrected chi connectivity index (χ0v) is 9.56. The topological polar surface area (TPSA) is 84.2 Å². The van der Waals surface area contributed by atoms with Crippen molar-refractivity contribution in [3.05, 3.63) is 44.5 Å². The molecule has 0 bridgehead atoms. The average molecular weight is 248 g/mol. The van der Waals surface area contributed by atoms with Crippen LogP contribution < -0.4 is 11.1 Å². The van der Waals surface area contributed by atoms with Gasteiger partial charge in [0.1, 0.15) is 0 Å². The molecule has 3 rings (SSSR count). The predicted molar refractivity (Wildman–Crippen MR) is 64.6 cm³/mol. The third-order valence-electron chi connectivity index (χ3n) is 2.99. The Morgan fingerprint density at radius 1 is 1.11 bits per heavy atom. The SMILES string of the molecule is O=c1[nH][nH]c(=O)c2c(CC3OCCO3)cccc12. The van der Waals surface area contributed by atoms with Gasteiger partial charge in [0.2, 0.25) is 0 Å². The smallest absolute Gasteiger partial charge is 0.270 e. The first kappa shape index (κ1) is 11.2. The fourth-order valence-corrected chi connectivity index (χ4v) is 2.18. The van der Waals surface area contributed by atoms with Crippen molar-refractivity contribution in [2.24, 2.45) is 0 Å². The van der Waals surface area contributed by atoms with E-state index in [9.17, 15) is 9.59 Å². The van der Waals surface area contributed by atoms with Crippen LogP contribution in [0, 0.1) is 0 Å². The lowest BCUT2D eigenvalue weighted by atomic mass is 10.0. The van der Waals surface area contributed by atoms with Crippen LogP contribution in [-0.2, 0) is 15.9 Å². The van der Waals surface area contributed by atoms with Crippen molar-refractivity contribution in [2.75, 3.05) is 13.2 Å². The summed E-state index contributed by atoms with van der Waals surface area (Å²) in [5.41, 5.74) is 0.143. The number of hydrogen-bond acceptors (Lipinski definition) is 4. The number of fused-ring (bicyclic) bond motifs is 1. The van der Waals surface area contributed by atoms with E-state index >= 15 is 0 Å². The zero-order valence-electron chi connectivity index (χ0n) is 9.56. The number of H-pyrrole nitrogens is 2. The first-order chi connectivity index (χ1) is 8.75. The van der Waals surface area contributed by atoms with Gasteiger partial charge < -0.3 is 9.47 Å². The van der Waals surface area contributed by atoms with Crippen LogP contribution in [0.15, 0.2) is 27.8 Å². The molecule has 18 heavy (non-hydrogen) atoms. The van der Waals surface area contributed by atoms with Crippen molar-refractivity contribution in [2.45, 2.75) is 12.7 Å². The van der Waals surface area contributed by atoms with Gasteiger partial charge in [0, 0.05) is 6.42 Å². The Hall–Kier alpha value is -1.92. The molecular weight excluding hydrogens is 236 g/mol. The molecule has 1 aliphatic heterocycles. The Morgan fingerprint density at radius 3 is 2.61 bits per heavy atom. The standard InChI is InChI=1S/C12H12N2O4/c15-11-8-3-1-2-7(6-9-17-4-5-18-9)10(8)12(16)14-13-11/h1-3,9H,4-6H2,(H,13,15)(H,14,16). The highest BCUT2D eigenvalue weighted by molar-refractivity contribution is 5.83. The second kappa shape index (κ2) is 4.40. The normalized spacial score (nSPS) is 16.4. The number of aromatic nitrogens is 2. The summed E-state index contributed by atoms with van der Waals surface area (Å²) in [6, 6.07) is 5.19. The number of rotatable bonds is 2. The summed E-state index contributed by atoms with van der Waals surface area (Å²) in [6.45, 7) is 1.12. The van der Waals surface area contributed by atoms with Crippen LogP contribution in [0.1, 0.15) is 5.56 Å². The summed E-state index contributed by atoms with van der Waals surface area (Å²) in [6.07, 6.45) is 0.124. The van der Waals surface area contributed by atoms with Gasteiger partial charge in [0.05, 0.1) is 24.0 Å². The minimum Gasteiger partial charge on any atom is -0.350 e.